The van der Waals surface area contributed by atoms with Crippen LogP contribution in [0.25, 0.3) is 0 Å². The Labute approximate surface area is 101 Å². The molecule has 1 fully saturated rings. The van der Waals surface area contributed by atoms with Gasteiger partial charge in [-0.2, -0.15) is 0 Å². The molecule has 92 valence electrons. The van der Waals surface area contributed by atoms with Gasteiger partial charge in [-0.15, -0.1) is 0 Å². The third kappa shape index (κ3) is 1.98. The highest BCUT2D eigenvalue weighted by atomic mass is 16.5. The van der Waals surface area contributed by atoms with Gasteiger partial charge in [0.05, 0.1) is 12.1 Å². The normalized spacial score (nSPS) is 30.5. The lowest BCUT2D eigenvalue weighted by Crippen LogP contribution is -2.46. The number of aromatic hydroxyl groups is 1. The average Bonchev–Trinajstić information content (AvgIpc) is 2.65. The SMILES string of the molecule is COC1CC(NC2COc3cc(O)ccc32)C1. The van der Waals surface area contributed by atoms with Crippen molar-refractivity contribution in [2.45, 2.75) is 31.0 Å². The maximum atomic E-state index is 9.37. The predicted octanol–water partition coefficient (Wildman–Crippen LogP) is 1.59. The molecule has 0 spiro atoms. The lowest BCUT2D eigenvalue weighted by Gasteiger charge is -2.36. The largest absolute Gasteiger partial charge is 0.508 e. The van der Waals surface area contributed by atoms with Crippen molar-refractivity contribution in [3.63, 3.8) is 0 Å². The Morgan fingerprint density at radius 3 is 3.00 bits per heavy atom. The smallest absolute Gasteiger partial charge is 0.127 e. The third-order valence-electron chi connectivity index (χ3n) is 3.64. The van der Waals surface area contributed by atoms with E-state index in [-0.39, 0.29) is 11.8 Å². The summed E-state index contributed by atoms with van der Waals surface area (Å²) in [6.45, 7) is 0.646. The van der Waals surface area contributed by atoms with Gasteiger partial charge in [0.15, 0.2) is 0 Å². The van der Waals surface area contributed by atoms with Gasteiger partial charge in [-0.1, -0.05) is 0 Å². The summed E-state index contributed by atoms with van der Waals surface area (Å²) < 4.78 is 10.8. The molecule has 1 aliphatic carbocycles. The second kappa shape index (κ2) is 4.20. The van der Waals surface area contributed by atoms with Gasteiger partial charge in [0.2, 0.25) is 0 Å². The van der Waals surface area contributed by atoms with Crippen LogP contribution in [-0.2, 0) is 4.74 Å². The van der Waals surface area contributed by atoms with Crippen molar-refractivity contribution in [1.29, 1.82) is 0 Å². The highest BCUT2D eigenvalue weighted by Crippen LogP contribution is 2.36. The summed E-state index contributed by atoms with van der Waals surface area (Å²) in [5, 5.41) is 12.9. The second-order valence-corrected chi connectivity index (χ2v) is 4.78. The molecule has 0 amide bonds. The zero-order chi connectivity index (χ0) is 11.8. The van der Waals surface area contributed by atoms with Crippen LogP contribution < -0.4 is 10.1 Å². The number of nitrogens with one attached hydrogen (secondary N) is 1. The Balaban J connectivity index is 1.64. The fraction of sp³-hybridized carbons (Fsp3) is 0.538. The van der Waals surface area contributed by atoms with Crippen LogP contribution in [0.1, 0.15) is 24.4 Å². The molecule has 1 heterocycles. The Hall–Kier alpha value is -1.26. The van der Waals surface area contributed by atoms with E-state index in [9.17, 15) is 5.11 Å². The minimum Gasteiger partial charge on any atom is -0.508 e. The third-order valence-corrected chi connectivity index (χ3v) is 3.64. The van der Waals surface area contributed by atoms with Gasteiger partial charge in [-0.05, 0) is 25.0 Å². The Kier molecular flexibility index (Phi) is 2.68. The second-order valence-electron chi connectivity index (χ2n) is 4.78. The van der Waals surface area contributed by atoms with Gasteiger partial charge in [0.1, 0.15) is 18.1 Å². The zero-order valence-corrected chi connectivity index (χ0v) is 9.85. The van der Waals surface area contributed by atoms with E-state index in [2.05, 4.69) is 5.32 Å². The van der Waals surface area contributed by atoms with E-state index in [4.69, 9.17) is 9.47 Å². The summed E-state index contributed by atoms with van der Waals surface area (Å²) in [6.07, 6.45) is 2.55. The minimum absolute atomic E-state index is 0.244. The van der Waals surface area contributed by atoms with Crippen molar-refractivity contribution in [3.8, 4) is 11.5 Å². The van der Waals surface area contributed by atoms with Crippen LogP contribution in [0.4, 0.5) is 0 Å². The fourth-order valence-electron chi connectivity index (χ4n) is 2.52. The van der Waals surface area contributed by atoms with E-state index in [1.54, 1.807) is 19.2 Å². The standard InChI is InChI=1S/C13H17NO3/c1-16-10-4-8(5-10)14-12-7-17-13-6-9(15)2-3-11(12)13/h2-3,6,8,10,12,14-15H,4-5,7H2,1H3. The lowest BCUT2D eigenvalue weighted by molar-refractivity contribution is 0.0134. The van der Waals surface area contributed by atoms with Crippen LogP contribution in [0.3, 0.4) is 0 Å². The molecule has 0 aromatic heterocycles. The zero-order valence-electron chi connectivity index (χ0n) is 9.85. The lowest BCUT2D eigenvalue weighted by atomic mass is 9.88. The fourth-order valence-corrected chi connectivity index (χ4v) is 2.52. The van der Waals surface area contributed by atoms with Crippen molar-refractivity contribution in [2.75, 3.05) is 13.7 Å². The number of phenolic OH excluding ortho intramolecular Hbond substituents is 1. The van der Waals surface area contributed by atoms with E-state index < -0.39 is 0 Å². The number of methoxy groups -OCH3 is 1. The maximum Gasteiger partial charge on any atom is 0.127 e. The van der Waals surface area contributed by atoms with E-state index >= 15 is 0 Å². The number of phenols is 1. The molecular weight excluding hydrogens is 218 g/mol. The first-order valence-corrected chi connectivity index (χ1v) is 6.01. The van der Waals surface area contributed by atoms with E-state index in [1.807, 2.05) is 6.07 Å². The van der Waals surface area contributed by atoms with Gasteiger partial charge in [-0.3, -0.25) is 0 Å². The molecule has 1 unspecified atom stereocenters. The highest BCUT2D eigenvalue weighted by molar-refractivity contribution is 5.44. The molecule has 17 heavy (non-hydrogen) atoms. The molecule has 0 bridgehead atoms. The van der Waals surface area contributed by atoms with Crippen molar-refractivity contribution in [3.05, 3.63) is 23.8 Å². The molecule has 3 rings (SSSR count). The molecule has 1 aromatic carbocycles. The Bertz CT molecular complexity index is 415. The van der Waals surface area contributed by atoms with E-state index in [0.717, 1.165) is 24.2 Å². The molecule has 1 aliphatic heterocycles. The molecule has 2 aliphatic rings. The number of benzene rings is 1. The number of fused-ring (bicyclic) bond motifs is 1. The van der Waals surface area contributed by atoms with Gasteiger partial charge in [0, 0.05) is 24.8 Å². The van der Waals surface area contributed by atoms with Gasteiger partial charge < -0.3 is 19.9 Å². The van der Waals surface area contributed by atoms with Crippen LogP contribution >= 0.6 is 0 Å². The van der Waals surface area contributed by atoms with Gasteiger partial charge in [0.25, 0.3) is 0 Å². The molecule has 1 atom stereocenters. The van der Waals surface area contributed by atoms with E-state index in [0.29, 0.717) is 18.8 Å². The summed E-state index contributed by atoms with van der Waals surface area (Å²) in [7, 11) is 1.76. The van der Waals surface area contributed by atoms with E-state index in [1.165, 1.54) is 0 Å². The van der Waals surface area contributed by atoms with Crippen molar-refractivity contribution in [2.24, 2.45) is 0 Å². The predicted molar refractivity (Wildman–Crippen MR) is 63.3 cm³/mol. The maximum absolute atomic E-state index is 9.37. The topological polar surface area (TPSA) is 50.7 Å². The number of hydrogen-bond acceptors (Lipinski definition) is 4. The Morgan fingerprint density at radius 2 is 2.24 bits per heavy atom. The van der Waals surface area contributed by atoms with Crippen LogP contribution in [0, 0.1) is 0 Å². The monoisotopic (exact) mass is 235 g/mol. The number of rotatable bonds is 3. The first kappa shape index (κ1) is 10.9. The Morgan fingerprint density at radius 1 is 1.41 bits per heavy atom. The number of ether oxygens (including phenoxy) is 2. The molecule has 0 radical (unpaired) electrons. The summed E-state index contributed by atoms with van der Waals surface area (Å²) in [4.78, 5) is 0. The van der Waals surface area contributed by atoms with Crippen molar-refractivity contribution in [1.82, 2.24) is 5.32 Å². The molecule has 4 nitrogen and oxygen atoms in total. The minimum atomic E-state index is 0.244. The first-order valence-electron chi connectivity index (χ1n) is 6.01. The first-order chi connectivity index (χ1) is 8.26. The highest BCUT2D eigenvalue weighted by Gasteiger charge is 2.33. The van der Waals surface area contributed by atoms with Crippen LogP contribution in [-0.4, -0.2) is 31.0 Å². The van der Waals surface area contributed by atoms with Crippen LogP contribution in [0.5, 0.6) is 11.5 Å². The summed E-state index contributed by atoms with van der Waals surface area (Å²) in [5.74, 6) is 1.05. The number of hydrogen-bond donors (Lipinski definition) is 2. The summed E-state index contributed by atoms with van der Waals surface area (Å²) in [6, 6.07) is 6.08. The average molecular weight is 235 g/mol. The van der Waals surface area contributed by atoms with Crippen molar-refractivity contribution < 1.29 is 14.6 Å². The van der Waals surface area contributed by atoms with Gasteiger partial charge in [-0.25, -0.2) is 0 Å². The van der Waals surface area contributed by atoms with Crippen LogP contribution in [0.15, 0.2) is 18.2 Å². The van der Waals surface area contributed by atoms with Gasteiger partial charge >= 0.3 is 0 Å². The molecular formula is C13H17NO3. The summed E-state index contributed by atoms with van der Waals surface area (Å²) in [5.41, 5.74) is 1.14. The molecule has 1 saturated carbocycles. The molecule has 4 heteroatoms. The quantitative estimate of drug-likeness (QED) is 0.835. The molecule has 0 saturated heterocycles. The van der Waals surface area contributed by atoms with Crippen LogP contribution in [0.2, 0.25) is 0 Å². The summed E-state index contributed by atoms with van der Waals surface area (Å²) >= 11 is 0. The van der Waals surface area contributed by atoms with Crippen molar-refractivity contribution >= 4 is 0 Å². The molecule has 2 N–H and O–H groups in total. The molecule has 1 aromatic rings.